The lowest BCUT2D eigenvalue weighted by atomic mass is 10.0. The van der Waals surface area contributed by atoms with Crippen molar-refractivity contribution in [2.24, 2.45) is 5.92 Å². The van der Waals surface area contributed by atoms with Crippen molar-refractivity contribution in [2.75, 3.05) is 0 Å². The largest absolute Gasteiger partial charge is 0.0881 e. The minimum absolute atomic E-state index is 0.725. The minimum Gasteiger partial charge on any atom is -0.0881 e. The van der Waals surface area contributed by atoms with Crippen molar-refractivity contribution in [2.45, 2.75) is 20.3 Å². The predicted molar refractivity (Wildman–Crippen MR) is 57.7 cm³/mol. The van der Waals surface area contributed by atoms with Gasteiger partial charge in [0.05, 0.1) is 0 Å². The zero-order valence-corrected chi connectivity index (χ0v) is 8.40. The topological polar surface area (TPSA) is 0 Å². The highest BCUT2D eigenvalue weighted by atomic mass is 32.1. The first-order valence-corrected chi connectivity index (χ1v) is 4.73. The van der Waals surface area contributed by atoms with Crippen molar-refractivity contribution >= 4 is 17.6 Å². The van der Waals surface area contributed by atoms with Crippen LogP contribution in [0.3, 0.4) is 0 Å². The molecular weight excluding hydrogens is 164 g/mol. The van der Waals surface area contributed by atoms with Gasteiger partial charge >= 0.3 is 0 Å². The summed E-state index contributed by atoms with van der Waals surface area (Å²) < 4.78 is 0. The molecule has 0 N–H and O–H groups in total. The Morgan fingerprint density at radius 2 is 1.83 bits per heavy atom. The van der Waals surface area contributed by atoms with E-state index in [1.165, 1.54) is 5.56 Å². The zero-order chi connectivity index (χ0) is 8.97. The molecule has 64 valence electrons. The summed E-state index contributed by atoms with van der Waals surface area (Å²) >= 11 is 4.82. The molecule has 0 bridgehead atoms. The van der Waals surface area contributed by atoms with Gasteiger partial charge in [0, 0.05) is 5.37 Å². The molecule has 1 aromatic rings. The fourth-order valence-corrected chi connectivity index (χ4v) is 1.36. The van der Waals surface area contributed by atoms with E-state index in [2.05, 4.69) is 38.1 Å². The lowest BCUT2D eigenvalue weighted by Crippen LogP contribution is -1.93. The van der Waals surface area contributed by atoms with Crippen molar-refractivity contribution in [1.29, 1.82) is 0 Å². The van der Waals surface area contributed by atoms with Gasteiger partial charge in [-0.2, -0.15) is 0 Å². The minimum atomic E-state index is 0.725. The lowest BCUT2D eigenvalue weighted by molar-refractivity contribution is 0.647. The zero-order valence-electron chi connectivity index (χ0n) is 7.58. The average Bonchev–Trinajstić information content (AvgIpc) is 2.05. The quantitative estimate of drug-likeness (QED) is 0.640. The first-order chi connectivity index (χ1) is 5.72. The van der Waals surface area contributed by atoms with Crippen LogP contribution in [0.4, 0.5) is 0 Å². The fourth-order valence-electron chi connectivity index (χ4n) is 1.20. The highest BCUT2D eigenvalue weighted by Gasteiger charge is 1.96. The van der Waals surface area contributed by atoms with Crippen LogP contribution in [0.2, 0.25) is 0 Å². The molecule has 1 heteroatoms. The van der Waals surface area contributed by atoms with Crippen LogP contribution >= 0.6 is 12.2 Å². The van der Waals surface area contributed by atoms with E-state index in [0.717, 1.165) is 17.9 Å². The third kappa shape index (κ3) is 2.74. The Labute approximate surface area is 79.6 Å². The monoisotopic (exact) mass is 178 g/mol. The maximum absolute atomic E-state index is 4.82. The van der Waals surface area contributed by atoms with E-state index >= 15 is 0 Å². The Bertz CT molecular complexity index is 246. The second kappa shape index (κ2) is 4.36. The average molecular weight is 178 g/mol. The molecule has 0 unspecified atom stereocenters. The van der Waals surface area contributed by atoms with Crippen molar-refractivity contribution in [1.82, 2.24) is 0 Å². The highest BCUT2D eigenvalue weighted by molar-refractivity contribution is 7.79. The molecule has 0 aromatic heterocycles. The molecule has 0 saturated carbocycles. The maximum atomic E-state index is 4.82. The van der Waals surface area contributed by atoms with Gasteiger partial charge < -0.3 is 0 Å². The van der Waals surface area contributed by atoms with Gasteiger partial charge in [-0.1, -0.05) is 50.3 Å². The molecule has 0 spiro atoms. The molecule has 0 aliphatic heterocycles. The smallest absolute Gasteiger partial charge is 0.00861 e. The molecule has 0 fully saturated rings. The van der Waals surface area contributed by atoms with Gasteiger partial charge in [0.25, 0.3) is 0 Å². The van der Waals surface area contributed by atoms with Gasteiger partial charge in [-0.3, -0.25) is 0 Å². The van der Waals surface area contributed by atoms with Crippen LogP contribution in [0.15, 0.2) is 24.3 Å². The first-order valence-electron chi connectivity index (χ1n) is 4.26. The van der Waals surface area contributed by atoms with Gasteiger partial charge in [-0.25, -0.2) is 0 Å². The Balaban J connectivity index is 2.71. The summed E-state index contributed by atoms with van der Waals surface area (Å²) in [5, 5.41) is 1.71. The van der Waals surface area contributed by atoms with Crippen LogP contribution in [-0.4, -0.2) is 5.37 Å². The summed E-state index contributed by atoms with van der Waals surface area (Å²) in [6.07, 6.45) is 1.15. The van der Waals surface area contributed by atoms with Crippen molar-refractivity contribution in [3.8, 4) is 0 Å². The van der Waals surface area contributed by atoms with Gasteiger partial charge in [0.1, 0.15) is 0 Å². The van der Waals surface area contributed by atoms with E-state index < -0.39 is 0 Å². The second-order valence-corrected chi connectivity index (χ2v) is 3.69. The van der Waals surface area contributed by atoms with Crippen molar-refractivity contribution in [3.63, 3.8) is 0 Å². The maximum Gasteiger partial charge on any atom is 0.00861 e. The summed E-state index contributed by atoms with van der Waals surface area (Å²) in [5.74, 6) is 0.725. The first kappa shape index (κ1) is 9.40. The summed E-state index contributed by atoms with van der Waals surface area (Å²) in [4.78, 5) is 0. The summed E-state index contributed by atoms with van der Waals surface area (Å²) in [6, 6.07) is 8.45. The third-order valence-electron chi connectivity index (χ3n) is 1.76. The molecule has 12 heavy (non-hydrogen) atoms. The van der Waals surface area contributed by atoms with Gasteiger partial charge in [-0.15, -0.1) is 0 Å². The molecular formula is C11H14S. The highest BCUT2D eigenvalue weighted by Crippen LogP contribution is 2.08. The van der Waals surface area contributed by atoms with Gasteiger partial charge in [0.2, 0.25) is 0 Å². The van der Waals surface area contributed by atoms with Crippen LogP contribution in [-0.2, 0) is 6.42 Å². The number of hydrogen-bond donors (Lipinski definition) is 0. The standard InChI is InChI=1S/C11H14S/c1-9(2)7-10-3-5-11(8-12)6-4-10/h3-6,8-9H,7H2,1-2H3. The van der Waals surface area contributed by atoms with Crippen LogP contribution < -0.4 is 0 Å². The molecule has 1 rings (SSSR count). The Morgan fingerprint density at radius 3 is 2.25 bits per heavy atom. The van der Waals surface area contributed by atoms with E-state index in [9.17, 15) is 0 Å². The van der Waals surface area contributed by atoms with Crippen LogP contribution in [0.25, 0.3) is 0 Å². The second-order valence-electron chi connectivity index (χ2n) is 3.46. The van der Waals surface area contributed by atoms with Crippen LogP contribution in [0.5, 0.6) is 0 Å². The Morgan fingerprint density at radius 1 is 1.25 bits per heavy atom. The predicted octanol–water partition coefficient (Wildman–Crippen LogP) is 3.23. The van der Waals surface area contributed by atoms with Crippen LogP contribution in [0, 0.1) is 5.92 Å². The number of rotatable bonds is 3. The molecule has 0 atom stereocenters. The summed E-state index contributed by atoms with van der Waals surface area (Å²) in [6.45, 7) is 4.46. The molecule has 0 saturated heterocycles. The summed E-state index contributed by atoms with van der Waals surface area (Å²) in [7, 11) is 0. The van der Waals surface area contributed by atoms with E-state index in [0.29, 0.717) is 0 Å². The molecule has 0 heterocycles. The van der Waals surface area contributed by atoms with Gasteiger partial charge in [-0.05, 0) is 23.5 Å². The molecule has 0 aliphatic carbocycles. The van der Waals surface area contributed by atoms with Crippen molar-refractivity contribution in [3.05, 3.63) is 35.4 Å². The lowest BCUT2D eigenvalue weighted by Gasteiger charge is -2.04. The fraction of sp³-hybridized carbons (Fsp3) is 0.364. The SMILES string of the molecule is CC(C)Cc1ccc(C=S)cc1. The summed E-state index contributed by atoms with van der Waals surface area (Å²) in [5.41, 5.74) is 2.52. The van der Waals surface area contributed by atoms with E-state index in [-0.39, 0.29) is 0 Å². The van der Waals surface area contributed by atoms with Crippen molar-refractivity contribution < 1.29 is 0 Å². The molecule has 0 radical (unpaired) electrons. The normalized spacial score (nSPS) is 10.2. The van der Waals surface area contributed by atoms with Crippen LogP contribution in [0.1, 0.15) is 25.0 Å². The number of thiocarbonyl (C=S) groups is 1. The molecule has 0 aliphatic rings. The van der Waals surface area contributed by atoms with Gasteiger partial charge in [0.15, 0.2) is 0 Å². The van der Waals surface area contributed by atoms with E-state index in [1.54, 1.807) is 5.37 Å². The number of benzene rings is 1. The molecule has 0 amide bonds. The van der Waals surface area contributed by atoms with E-state index in [1.807, 2.05) is 0 Å². The molecule has 1 aromatic carbocycles. The van der Waals surface area contributed by atoms with E-state index in [4.69, 9.17) is 12.2 Å². The number of hydrogen-bond acceptors (Lipinski definition) is 1. The third-order valence-corrected chi connectivity index (χ3v) is 2.03. The Hall–Kier alpha value is -0.690. The Kier molecular flexibility index (Phi) is 3.42. The molecule has 0 nitrogen and oxygen atoms in total.